The quantitative estimate of drug-likeness (QED) is 0.604. The lowest BCUT2D eigenvalue weighted by atomic mass is 9.43. The summed E-state index contributed by atoms with van der Waals surface area (Å²) in [5.41, 5.74) is -1.71. The van der Waals surface area contributed by atoms with Crippen molar-refractivity contribution in [3.05, 3.63) is 35.8 Å². The predicted octanol–water partition coefficient (Wildman–Crippen LogP) is 3.88. The second-order valence-corrected chi connectivity index (χ2v) is 11.0. The Labute approximate surface area is 200 Å². The van der Waals surface area contributed by atoms with E-state index in [1.165, 1.54) is 12.3 Å². The van der Waals surface area contributed by atoms with Gasteiger partial charge in [0.2, 0.25) is 11.5 Å². The molecule has 2 saturated carbocycles. The van der Waals surface area contributed by atoms with Crippen LogP contribution in [0.3, 0.4) is 0 Å². The van der Waals surface area contributed by atoms with Gasteiger partial charge in [0.15, 0.2) is 11.4 Å². The van der Waals surface area contributed by atoms with Crippen molar-refractivity contribution in [2.75, 3.05) is 6.61 Å². The molecule has 186 valence electrons. The van der Waals surface area contributed by atoms with Gasteiger partial charge in [0, 0.05) is 11.8 Å². The van der Waals surface area contributed by atoms with E-state index in [1.54, 1.807) is 19.1 Å². The summed E-state index contributed by atoms with van der Waals surface area (Å²) in [6.45, 7) is 6.92. The van der Waals surface area contributed by atoms with Gasteiger partial charge in [0.05, 0.1) is 12.4 Å². The summed E-state index contributed by atoms with van der Waals surface area (Å²) < 4.78 is 11.1. The number of carbonyl (C=O) groups is 3. The van der Waals surface area contributed by atoms with Crippen LogP contribution >= 0.6 is 0 Å². The number of fused-ring (bicyclic) bond motifs is 3. The average Bonchev–Trinajstić information content (AvgIpc) is 3.33. The van der Waals surface area contributed by atoms with Gasteiger partial charge in [-0.1, -0.05) is 32.8 Å². The summed E-state index contributed by atoms with van der Waals surface area (Å²) in [5, 5.41) is 21.5. The van der Waals surface area contributed by atoms with Crippen molar-refractivity contribution < 1.29 is 33.8 Å². The van der Waals surface area contributed by atoms with E-state index in [4.69, 9.17) is 9.15 Å². The molecular formula is C27H36O7. The molecule has 34 heavy (non-hydrogen) atoms. The Balaban J connectivity index is 1.75. The number of aliphatic hydroxyl groups excluding tert-OH is 2. The molecule has 2 fully saturated rings. The van der Waals surface area contributed by atoms with Crippen LogP contribution in [0, 0.1) is 28.6 Å². The van der Waals surface area contributed by atoms with Crippen LogP contribution < -0.4 is 0 Å². The molecule has 7 nitrogen and oxygen atoms in total. The highest BCUT2D eigenvalue weighted by molar-refractivity contribution is 5.94. The van der Waals surface area contributed by atoms with Crippen molar-refractivity contribution >= 4 is 17.5 Å². The number of rotatable bonds is 6. The Kier molecular flexibility index (Phi) is 6.40. The summed E-state index contributed by atoms with van der Waals surface area (Å²) in [6.07, 6.45) is 6.13. The summed E-state index contributed by atoms with van der Waals surface area (Å²) in [6, 6.07) is 3.04. The van der Waals surface area contributed by atoms with E-state index in [2.05, 4.69) is 13.8 Å². The van der Waals surface area contributed by atoms with Gasteiger partial charge in [-0.2, -0.15) is 0 Å². The molecule has 0 radical (unpaired) electrons. The number of aliphatic hydroxyl groups is 2. The van der Waals surface area contributed by atoms with Gasteiger partial charge in [0.1, 0.15) is 6.61 Å². The van der Waals surface area contributed by atoms with Gasteiger partial charge in [-0.15, -0.1) is 0 Å². The number of ketones is 2. The van der Waals surface area contributed by atoms with Gasteiger partial charge in [-0.3, -0.25) is 9.59 Å². The van der Waals surface area contributed by atoms with Crippen molar-refractivity contribution in [2.45, 2.75) is 77.9 Å². The van der Waals surface area contributed by atoms with Crippen LogP contribution in [0.25, 0.3) is 0 Å². The smallest absolute Gasteiger partial charge is 0.375 e. The lowest BCUT2D eigenvalue weighted by Gasteiger charge is -2.63. The lowest BCUT2D eigenvalue weighted by molar-refractivity contribution is -0.200. The summed E-state index contributed by atoms with van der Waals surface area (Å²) in [5.74, 6) is -1.23. The first-order valence-corrected chi connectivity index (χ1v) is 12.3. The minimum absolute atomic E-state index is 0.0188. The SMILES string of the molecule is CC[C@H]1[C@@H]2CCC3=CC(=O)CC[C@]3(C)[C@H]2[C@@H](O)C[C@]1(C)C(C)(OC(=O)c1ccco1)C(=O)CO. The van der Waals surface area contributed by atoms with Crippen LogP contribution in [0.1, 0.15) is 76.8 Å². The van der Waals surface area contributed by atoms with Crippen LogP contribution in [0.15, 0.2) is 34.5 Å². The fraction of sp³-hybridized carbons (Fsp3) is 0.667. The first kappa shape index (κ1) is 24.9. The molecule has 0 bridgehead atoms. The number of hydrogen-bond donors (Lipinski definition) is 2. The van der Waals surface area contributed by atoms with Crippen molar-refractivity contribution in [2.24, 2.45) is 28.6 Å². The molecule has 1 aromatic rings. The minimum atomic E-state index is -1.65. The third-order valence-corrected chi connectivity index (χ3v) is 9.51. The van der Waals surface area contributed by atoms with Gasteiger partial charge in [-0.05, 0) is 74.0 Å². The Hall–Kier alpha value is -2.25. The largest absolute Gasteiger partial charge is 0.457 e. The fourth-order valence-corrected chi connectivity index (χ4v) is 7.61. The number of hydrogen-bond acceptors (Lipinski definition) is 7. The van der Waals surface area contributed by atoms with E-state index in [-0.39, 0.29) is 41.1 Å². The van der Waals surface area contributed by atoms with Crippen molar-refractivity contribution in [3.63, 3.8) is 0 Å². The van der Waals surface area contributed by atoms with E-state index in [0.717, 1.165) is 24.8 Å². The van der Waals surface area contributed by atoms with Crippen molar-refractivity contribution in [3.8, 4) is 0 Å². The molecule has 0 aromatic carbocycles. The monoisotopic (exact) mass is 472 g/mol. The third-order valence-electron chi connectivity index (χ3n) is 9.51. The molecule has 7 heteroatoms. The molecule has 3 aliphatic rings. The molecule has 0 spiro atoms. The van der Waals surface area contributed by atoms with Crippen molar-refractivity contribution in [1.82, 2.24) is 0 Å². The highest BCUT2D eigenvalue weighted by Crippen LogP contribution is 2.64. The Morgan fingerprint density at radius 1 is 1.29 bits per heavy atom. The maximum atomic E-state index is 13.2. The summed E-state index contributed by atoms with van der Waals surface area (Å²) in [7, 11) is 0. The molecule has 2 N–H and O–H groups in total. The summed E-state index contributed by atoms with van der Waals surface area (Å²) in [4.78, 5) is 38.2. The average molecular weight is 473 g/mol. The van der Waals surface area contributed by atoms with Crippen molar-refractivity contribution in [1.29, 1.82) is 0 Å². The van der Waals surface area contributed by atoms with Gasteiger partial charge in [0.25, 0.3) is 0 Å². The number of esters is 1. The molecule has 3 aliphatic carbocycles. The highest BCUT2D eigenvalue weighted by Gasteiger charge is 2.65. The zero-order valence-corrected chi connectivity index (χ0v) is 20.5. The second-order valence-electron chi connectivity index (χ2n) is 11.0. The molecule has 4 rings (SSSR count). The Bertz CT molecular complexity index is 995. The Morgan fingerprint density at radius 2 is 2.03 bits per heavy atom. The topological polar surface area (TPSA) is 114 Å². The van der Waals surface area contributed by atoms with Crippen LogP contribution in [0.5, 0.6) is 0 Å². The minimum Gasteiger partial charge on any atom is -0.457 e. The third kappa shape index (κ3) is 3.59. The summed E-state index contributed by atoms with van der Waals surface area (Å²) >= 11 is 0. The van der Waals surface area contributed by atoms with Crippen LogP contribution in [-0.4, -0.2) is 46.1 Å². The maximum absolute atomic E-state index is 13.2. The maximum Gasteiger partial charge on any atom is 0.375 e. The number of carbonyl (C=O) groups excluding carboxylic acids is 3. The van der Waals surface area contributed by atoms with Crippen LogP contribution in [-0.2, 0) is 14.3 Å². The molecule has 0 saturated heterocycles. The predicted molar refractivity (Wildman–Crippen MR) is 124 cm³/mol. The number of Topliss-reactive ketones (excluding diaryl/α,β-unsaturated/α-hetero) is 1. The zero-order valence-electron chi connectivity index (χ0n) is 20.5. The normalized spacial score (nSPS) is 37.1. The van der Waals surface area contributed by atoms with Crippen LogP contribution in [0.4, 0.5) is 0 Å². The molecule has 0 aliphatic heterocycles. The molecule has 0 amide bonds. The number of allylic oxidation sites excluding steroid dienone is 2. The van der Waals surface area contributed by atoms with Gasteiger partial charge in [-0.25, -0.2) is 4.79 Å². The lowest BCUT2D eigenvalue weighted by Crippen LogP contribution is -2.65. The zero-order chi connectivity index (χ0) is 24.9. The molecule has 1 aromatic heterocycles. The van der Waals surface area contributed by atoms with Crippen LogP contribution in [0.2, 0.25) is 0 Å². The molecule has 1 heterocycles. The standard InChI is InChI=1S/C27H36O7/c1-5-19-18-9-8-16-13-17(29)10-11-25(16,2)23(18)20(30)14-26(19,3)27(4,22(31)15-28)34-24(32)21-7-6-12-33-21/h6-7,12-13,18-20,23,28,30H,5,8-11,14-15H2,1-4H3/t18-,19-,20-,23+,25-,26-,27?/m0/s1. The molecule has 1 unspecified atom stereocenters. The second kappa shape index (κ2) is 8.76. The van der Waals surface area contributed by atoms with Gasteiger partial charge >= 0.3 is 5.97 Å². The fourth-order valence-electron chi connectivity index (χ4n) is 7.61. The van der Waals surface area contributed by atoms with E-state index in [1.807, 2.05) is 6.92 Å². The van der Waals surface area contributed by atoms with E-state index >= 15 is 0 Å². The highest BCUT2D eigenvalue weighted by atomic mass is 16.6. The molecular weight excluding hydrogens is 436 g/mol. The van der Waals surface area contributed by atoms with Gasteiger partial charge < -0.3 is 19.4 Å². The number of ether oxygens (including phenoxy) is 1. The molecule has 7 atom stereocenters. The first-order valence-electron chi connectivity index (χ1n) is 12.3. The first-order chi connectivity index (χ1) is 16.0. The Morgan fingerprint density at radius 3 is 2.65 bits per heavy atom. The van der Waals surface area contributed by atoms with E-state index < -0.39 is 35.5 Å². The number of furan rings is 1. The van der Waals surface area contributed by atoms with E-state index in [9.17, 15) is 24.6 Å². The van der Waals surface area contributed by atoms with E-state index in [0.29, 0.717) is 12.8 Å².